The lowest BCUT2D eigenvalue weighted by molar-refractivity contribution is -0.0217. The lowest BCUT2D eigenvalue weighted by Crippen LogP contribution is -2.32. The van der Waals surface area contributed by atoms with E-state index in [0.29, 0.717) is 5.92 Å². The van der Waals surface area contributed by atoms with Crippen LogP contribution in [0.15, 0.2) is 24.3 Å². The molecule has 0 heterocycles. The van der Waals surface area contributed by atoms with E-state index in [1.807, 2.05) is 24.3 Å². The average molecular weight is 262 g/mol. The molecule has 1 N–H and O–H groups in total. The third-order valence-electron chi connectivity index (χ3n) is 4.27. The summed E-state index contributed by atoms with van der Waals surface area (Å²) in [4.78, 5) is 0. The first-order chi connectivity index (χ1) is 9.18. The molecule has 1 aromatic carbocycles. The van der Waals surface area contributed by atoms with Crippen molar-refractivity contribution in [1.29, 1.82) is 0 Å². The number of benzene rings is 1. The van der Waals surface area contributed by atoms with Crippen molar-refractivity contribution in [3.05, 3.63) is 29.8 Å². The molecule has 1 aliphatic carbocycles. The summed E-state index contributed by atoms with van der Waals surface area (Å²) >= 11 is 0. The Morgan fingerprint density at radius 3 is 2.63 bits per heavy atom. The Kier molecular flexibility index (Phi) is 4.87. The number of hydrogen-bond acceptors (Lipinski definition) is 2. The van der Waals surface area contributed by atoms with Crippen molar-refractivity contribution in [3.63, 3.8) is 0 Å². The lowest BCUT2D eigenvalue weighted by Gasteiger charge is -2.37. The Bertz CT molecular complexity index is 385. The van der Waals surface area contributed by atoms with Crippen molar-refractivity contribution in [2.75, 3.05) is 6.61 Å². The molecule has 2 heteroatoms. The molecule has 106 valence electrons. The highest BCUT2D eigenvalue weighted by Crippen LogP contribution is 2.41. The topological polar surface area (TPSA) is 29.5 Å². The first-order valence-corrected chi connectivity index (χ1v) is 7.63. The van der Waals surface area contributed by atoms with E-state index in [-0.39, 0.29) is 0 Å². The zero-order chi connectivity index (χ0) is 13.7. The van der Waals surface area contributed by atoms with Crippen LogP contribution in [0, 0.1) is 5.92 Å². The van der Waals surface area contributed by atoms with Gasteiger partial charge < -0.3 is 9.84 Å². The summed E-state index contributed by atoms with van der Waals surface area (Å²) < 4.78 is 5.59. The van der Waals surface area contributed by atoms with Crippen LogP contribution in [0.1, 0.15) is 57.9 Å². The zero-order valence-corrected chi connectivity index (χ0v) is 12.2. The van der Waals surface area contributed by atoms with Gasteiger partial charge in [0, 0.05) is 0 Å². The molecule has 2 rings (SSSR count). The normalized spacial score (nSPS) is 27.2. The van der Waals surface area contributed by atoms with E-state index >= 15 is 0 Å². The first kappa shape index (κ1) is 14.4. The Balaban J connectivity index is 2.07. The van der Waals surface area contributed by atoms with Crippen molar-refractivity contribution in [1.82, 2.24) is 0 Å². The van der Waals surface area contributed by atoms with Gasteiger partial charge in [0.25, 0.3) is 0 Å². The Labute approximate surface area is 116 Å². The van der Waals surface area contributed by atoms with Gasteiger partial charge in [0.2, 0.25) is 0 Å². The van der Waals surface area contributed by atoms with E-state index in [1.165, 1.54) is 12.8 Å². The summed E-state index contributed by atoms with van der Waals surface area (Å²) in [6.07, 6.45) is 6.36. The van der Waals surface area contributed by atoms with Crippen molar-refractivity contribution in [2.45, 2.75) is 58.0 Å². The number of hydrogen-bond donors (Lipinski definition) is 1. The molecule has 1 aromatic rings. The number of rotatable bonds is 5. The molecule has 0 saturated heterocycles. The maximum Gasteiger partial charge on any atom is 0.119 e. The van der Waals surface area contributed by atoms with Crippen LogP contribution in [0.4, 0.5) is 0 Å². The largest absolute Gasteiger partial charge is 0.494 e. The molecule has 0 spiro atoms. The van der Waals surface area contributed by atoms with Crippen LogP contribution < -0.4 is 4.74 Å². The Hall–Kier alpha value is -1.02. The maximum absolute atomic E-state index is 10.9. The Morgan fingerprint density at radius 1 is 1.26 bits per heavy atom. The lowest BCUT2D eigenvalue weighted by atomic mass is 9.73. The molecule has 0 bridgehead atoms. The van der Waals surface area contributed by atoms with Crippen LogP contribution in [0.25, 0.3) is 0 Å². The fourth-order valence-corrected chi connectivity index (χ4v) is 3.06. The molecular formula is C17H26O2. The minimum absolute atomic E-state index is 0.623. The van der Waals surface area contributed by atoms with Gasteiger partial charge in [0.1, 0.15) is 5.75 Å². The average Bonchev–Trinajstić information content (AvgIpc) is 2.45. The van der Waals surface area contributed by atoms with Crippen molar-refractivity contribution in [3.8, 4) is 5.75 Å². The smallest absolute Gasteiger partial charge is 0.119 e. The summed E-state index contributed by atoms with van der Waals surface area (Å²) in [7, 11) is 0. The highest BCUT2D eigenvalue weighted by molar-refractivity contribution is 5.31. The monoisotopic (exact) mass is 262 g/mol. The van der Waals surface area contributed by atoms with Crippen LogP contribution in [0.5, 0.6) is 5.75 Å². The molecule has 0 aliphatic heterocycles. The highest BCUT2D eigenvalue weighted by atomic mass is 16.5. The molecule has 19 heavy (non-hydrogen) atoms. The fraction of sp³-hybridized carbons (Fsp3) is 0.647. The quantitative estimate of drug-likeness (QED) is 0.859. The second-order valence-electron chi connectivity index (χ2n) is 5.78. The van der Waals surface area contributed by atoms with Gasteiger partial charge in [-0.05, 0) is 49.3 Å². The van der Waals surface area contributed by atoms with E-state index in [1.54, 1.807) is 0 Å². The van der Waals surface area contributed by atoms with Crippen LogP contribution in [-0.4, -0.2) is 11.7 Å². The minimum atomic E-state index is -0.623. The van der Waals surface area contributed by atoms with E-state index in [2.05, 4.69) is 13.8 Å². The highest BCUT2D eigenvalue weighted by Gasteiger charge is 2.35. The van der Waals surface area contributed by atoms with Gasteiger partial charge in [0.05, 0.1) is 12.2 Å². The third kappa shape index (κ3) is 3.50. The molecule has 0 aromatic heterocycles. The van der Waals surface area contributed by atoms with Gasteiger partial charge in [-0.15, -0.1) is 0 Å². The van der Waals surface area contributed by atoms with E-state index in [4.69, 9.17) is 4.74 Å². The maximum atomic E-state index is 10.9. The van der Waals surface area contributed by atoms with Crippen LogP contribution in [0.2, 0.25) is 0 Å². The fourth-order valence-electron chi connectivity index (χ4n) is 3.06. The summed E-state index contributed by atoms with van der Waals surface area (Å²) in [5, 5.41) is 10.9. The van der Waals surface area contributed by atoms with E-state index in [0.717, 1.165) is 43.6 Å². The van der Waals surface area contributed by atoms with Gasteiger partial charge in [-0.1, -0.05) is 38.8 Å². The van der Waals surface area contributed by atoms with Crippen LogP contribution >= 0.6 is 0 Å². The molecule has 2 atom stereocenters. The van der Waals surface area contributed by atoms with E-state index in [9.17, 15) is 5.11 Å². The van der Waals surface area contributed by atoms with Gasteiger partial charge >= 0.3 is 0 Å². The van der Waals surface area contributed by atoms with Gasteiger partial charge in [0.15, 0.2) is 0 Å². The minimum Gasteiger partial charge on any atom is -0.494 e. The predicted octanol–water partition coefficient (Wildman–Crippen LogP) is 4.26. The molecule has 1 saturated carbocycles. The summed E-state index contributed by atoms with van der Waals surface area (Å²) in [6.45, 7) is 5.07. The molecular weight excluding hydrogens is 236 g/mol. The zero-order valence-electron chi connectivity index (χ0n) is 12.2. The second kappa shape index (κ2) is 6.42. The summed E-state index contributed by atoms with van der Waals surface area (Å²) in [5.74, 6) is 1.56. The second-order valence-corrected chi connectivity index (χ2v) is 5.78. The molecule has 1 fully saturated rings. The van der Waals surface area contributed by atoms with Crippen molar-refractivity contribution >= 4 is 0 Å². The SMILES string of the molecule is CCCOc1ccc(C2(O)CCCC(CC)C2)cc1. The standard InChI is InChI=1S/C17H26O2/c1-3-12-19-16-9-7-15(8-10-16)17(18)11-5-6-14(4-2)13-17/h7-10,14,18H,3-6,11-13H2,1-2H3. The Morgan fingerprint density at radius 2 is 2.00 bits per heavy atom. The van der Waals surface area contributed by atoms with Gasteiger partial charge in [-0.2, -0.15) is 0 Å². The first-order valence-electron chi connectivity index (χ1n) is 7.63. The van der Waals surface area contributed by atoms with Crippen molar-refractivity contribution < 1.29 is 9.84 Å². The third-order valence-corrected chi connectivity index (χ3v) is 4.27. The summed E-state index contributed by atoms with van der Waals surface area (Å²) in [6, 6.07) is 8.03. The molecule has 0 amide bonds. The van der Waals surface area contributed by atoms with Gasteiger partial charge in [-0.25, -0.2) is 0 Å². The van der Waals surface area contributed by atoms with Crippen LogP contribution in [-0.2, 0) is 5.60 Å². The molecule has 2 nitrogen and oxygen atoms in total. The number of aliphatic hydroxyl groups is 1. The molecule has 2 unspecified atom stereocenters. The predicted molar refractivity (Wildman–Crippen MR) is 78.4 cm³/mol. The summed E-state index contributed by atoms with van der Waals surface area (Å²) in [5.41, 5.74) is 0.428. The number of ether oxygens (including phenoxy) is 1. The van der Waals surface area contributed by atoms with Crippen LogP contribution in [0.3, 0.4) is 0 Å². The van der Waals surface area contributed by atoms with Gasteiger partial charge in [-0.3, -0.25) is 0 Å². The van der Waals surface area contributed by atoms with Crippen molar-refractivity contribution in [2.24, 2.45) is 5.92 Å². The molecule has 1 aliphatic rings. The molecule has 0 radical (unpaired) electrons. The van der Waals surface area contributed by atoms with E-state index < -0.39 is 5.60 Å².